The number of anilines is 1. The molecule has 1 aromatic rings. The summed E-state index contributed by atoms with van der Waals surface area (Å²) in [5.41, 5.74) is 0.383. The third-order valence-corrected chi connectivity index (χ3v) is 2.29. The molecule has 1 aromatic heterocycles. The molecule has 94 valence electrons. The second kappa shape index (κ2) is 5.63. The summed E-state index contributed by atoms with van der Waals surface area (Å²) in [4.78, 5) is 14.8. The molecule has 0 spiro atoms. The largest absolute Gasteiger partial charge is 0.478 e. The van der Waals surface area contributed by atoms with E-state index in [2.05, 4.69) is 10.3 Å². The Morgan fingerprint density at radius 3 is 2.88 bits per heavy atom. The first-order valence-corrected chi connectivity index (χ1v) is 5.51. The van der Waals surface area contributed by atoms with Gasteiger partial charge in [0.1, 0.15) is 5.56 Å². The zero-order chi connectivity index (χ0) is 12.9. The van der Waals surface area contributed by atoms with Gasteiger partial charge in [-0.3, -0.25) is 4.98 Å². The normalized spacial score (nSPS) is 11.2. The standard InChI is InChI=1S/C12H18N2O3/c1-4-17-12(2,3)8-14-10-5-6-13-7-9(10)11(15)16/h5-7H,4,8H2,1-3H3,(H,13,14)(H,15,16). The van der Waals surface area contributed by atoms with Crippen molar-refractivity contribution < 1.29 is 14.6 Å². The van der Waals surface area contributed by atoms with E-state index >= 15 is 0 Å². The number of hydrogen-bond donors (Lipinski definition) is 2. The predicted octanol–water partition coefficient (Wildman–Crippen LogP) is 2.01. The molecule has 5 nitrogen and oxygen atoms in total. The summed E-state index contributed by atoms with van der Waals surface area (Å²) in [6, 6.07) is 1.64. The van der Waals surface area contributed by atoms with Crippen molar-refractivity contribution >= 4 is 11.7 Å². The molecule has 5 heteroatoms. The highest BCUT2D eigenvalue weighted by atomic mass is 16.5. The summed E-state index contributed by atoms with van der Waals surface area (Å²) in [6.07, 6.45) is 2.89. The lowest BCUT2D eigenvalue weighted by Crippen LogP contribution is -2.33. The van der Waals surface area contributed by atoms with Crippen LogP contribution in [0.1, 0.15) is 31.1 Å². The Labute approximate surface area is 101 Å². The minimum atomic E-state index is -0.991. The van der Waals surface area contributed by atoms with E-state index in [0.717, 1.165) is 0 Å². The van der Waals surface area contributed by atoms with Crippen molar-refractivity contribution in [1.29, 1.82) is 0 Å². The lowest BCUT2D eigenvalue weighted by atomic mass is 10.1. The number of ether oxygens (including phenoxy) is 1. The molecule has 0 fully saturated rings. The summed E-state index contributed by atoms with van der Waals surface area (Å²) in [6.45, 7) is 6.98. The molecule has 0 saturated heterocycles. The Balaban J connectivity index is 2.72. The van der Waals surface area contributed by atoms with Gasteiger partial charge in [0, 0.05) is 25.5 Å². The van der Waals surface area contributed by atoms with Gasteiger partial charge in [0.15, 0.2) is 0 Å². The lowest BCUT2D eigenvalue weighted by molar-refractivity contribution is 0.000658. The molecule has 0 aliphatic rings. The van der Waals surface area contributed by atoms with Crippen molar-refractivity contribution in [1.82, 2.24) is 4.98 Å². The summed E-state index contributed by atoms with van der Waals surface area (Å²) in [7, 11) is 0. The van der Waals surface area contributed by atoms with E-state index in [1.54, 1.807) is 12.3 Å². The molecule has 0 aliphatic carbocycles. The summed E-state index contributed by atoms with van der Waals surface area (Å²) >= 11 is 0. The highest BCUT2D eigenvalue weighted by Crippen LogP contribution is 2.16. The van der Waals surface area contributed by atoms with Crippen LogP contribution in [0.25, 0.3) is 0 Å². The maximum absolute atomic E-state index is 11.0. The molecule has 2 N–H and O–H groups in total. The molecule has 0 radical (unpaired) electrons. The third kappa shape index (κ3) is 4.03. The van der Waals surface area contributed by atoms with Crippen LogP contribution in [0, 0.1) is 0 Å². The Hall–Kier alpha value is -1.62. The summed E-state index contributed by atoms with van der Waals surface area (Å²) in [5.74, 6) is -0.991. The van der Waals surface area contributed by atoms with Crippen molar-refractivity contribution in [3.05, 3.63) is 24.0 Å². The predicted molar refractivity (Wildman–Crippen MR) is 65.4 cm³/mol. The number of pyridine rings is 1. The van der Waals surface area contributed by atoms with E-state index in [0.29, 0.717) is 18.8 Å². The fraction of sp³-hybridized carbons (Fsp3) is 0.500. The van der Waals surface area contributed by atoms with E-state index in [1.807, 2.05) is 20.8 Å². The van der Waals surface area contributed by atoms with Crippen LogP contribution in [-0.2, 0) is 4.74 Å². The quantitative estimate of drug-likeness (QED) is 0.793. The fourth-order valence-corrected chi connectivity index (χ4v) is 1.47. The Kier molecular flexibility index (Phi) is 4.45. The van der Waals surface area contributed by atoms with Gasteiger partial charge in [-0.2, -0.15) is 0 Å². The van der Waals surface area contributed by atoms with Gasteiger partial charge in [0.25, 0.3) is 0 Å². The van der Waals surface area contributed by atoms with E-state index < -0.39 is 5.97 Å². The van der Waals surface area contributed by atoms with Gasteiger partial charge in [0.05, 0.1) is 11.3 Å². The number of hydrogen-bond acceptors (Lipinski definition) is 4. The number of aromatic carboxylic acids is 1. The van der Waals surface area contributed by atoms with Gasteiger partial charge in [-0.25, -0.2) is 4.79 Å². The summed E-state index contributed by atoms with van der Waals surface area (Å²) < 4.78 is 5.53. The van der Waals surface area contributed by atoms with Crippen LogP contribution in [0.4, 0.5) is 5.69 Å². The number of nitrogens with zero attached hydrogens (tertiary/aromatic N) is 1. The fourth-order valence-electron chi connectivity index (χ4n) is 1.47. The minimum absolute atomic E-state index is 0.166. The SMILES string of the molecule is CCOC(C)(C)CNc1ccncc1C(=O)O. The van der Waals surface area contributed by atoms with Gasteiger partial charge in [0.2, 0.25) is 0 Å². The molecule has 0 saturated carbocycles. The molecule has 0 aromatic carbocycles. The number of aromatic nitrogens is 1. The first-order valence-electron chi connectivity index (χ1n) is 5.51. The van der Waals surface area contributed by atoms with Crippen LogP contribution >= 0.6 is 0 Å². The molecule has 1 heterocycles. The molecule has 1 rings (SSSR count). The van der Waals surface area contributed by atoms with E-state index in [-0.39, 0.29) is 11.2 Å². The zero-order valence-electron chi connectivity index (χ0n) is 10.4. The number of nitrogens with one attached hydrogen (secondary N) is 1. The first-order chi connectivity index (χ1) is 7.96. The Morgan fingerprint density at radius 2 is 2.29 bits per heavy atom. The molecule has 0 bridgehead atoms. The monoisotopic (exact) mass is 238 g/mol. The second-order valence-corrected chi connectivity index (χ2v) is 4.27. The van der Waals surface area contributed by atoms with Crippen molar-refractivity contribution in [3.63, 3.8) is 0 Å². The highest BCUT2D eigenvalue weighted by molar-refractivity contribution is 5.93. The number of carbonyl (C=O) groups is 1. The third-order valence-electron chi connectivity index (χ3n) is 2.29. The first kappa shape index (κ1) is 13.4. The number of carboxylic acid groups (broad SMARTS) is 1. The number of carboxylic acids is 1. The van der Waals surface area contributed by atoms with Gasteiger partial charge < -0.3 is 15.2 Å². The van der Waals surface area contributed by atoms with Crippen LogP contribution < -0.4 is 5.32 Å². The van der Waals surface area contributed by atoms with Crippen molar-refractivity contribution in [2.45, 2.75) is 26.4 Å². The van der Waals surface area contributed by atoms with Crippen molar-refractivity contribution in [2.24, 2.45) is 0 Å². The minimum Gasteiger partial charge on any atom is -0.478 e. The number of rotatable bonds is 6. The molecular formula is C12H18N2O3. The Morgan fingerprint density at radius 1 is 1.59 bits per heavy atom. The van der Waals surface area contributed by atoms with Crippen LogP contribution in [0.2, 0.25) is 0 Å². The van der Waals surface area contributed by atoms with Gasteiger partial charge >= 0.3 is 5.97 Å². The van der Waals surface area contributed by atoms with E-state index in [9.17, 15) is 4.79 Å². The second-order valence-electron chi connectivity index (χ2n) is 4.27. The van der Waals surface area contributed by atoms with Crippen molar-refractivity contribution in [2.75, 3.05) is 18.5 Å². The van der Waals surface area contributed by atoms with Crippen LogP contribution in [0.3, 0.4) is 0 Å². The lowest BCUT2D eigenvalue weighted by Gasteiger charge is -2.25. The summed E-state index contributed by atoms with van der Waals surface area (Å²) in [5, 5.41) is 12.1. The molecule has 0 aliphatic heterocycles. The van der Waals surface area contributed by atoms with Gasteiger partial charge in [-0.1, -0.05) is 0 Å². The molecule has 0 unspecified atom stereocenters. The Bertz CT molecular complexity index is 391. The molecule has 0 atom stereocenters. The average molecular weight is 238 g/mol. The van der Waals surface area contributed by atoms with Crippen LogP contribution in [-0.4, -0.2) is 34.8 Å². The smallest absolute Gasteiger partial charge is 0.339 e. The average Bonchev–Trinajstić information content (AvgIpc) is 2.27. The van der Waals surface area contributed by atoms with E-state index in [1.165, 1.54) is 6.20 Å². The van der Waals surface area contributed by atoms with Crippen molar-refractivity contribution in [3.8, 4) is 0 Å². The molecule has 0 amide bonds. The van der Waals surface area contributed by atoms with Crippen LogP contribution in [0.5, 0.6) is 0 Å². The highest BCUT2D eigenvalue weighted by Gasteiger charge is 2.18. The van der Waals surface area contributed by atoms with Crippen LogP contribution in [0.15, 0.2) is 18.5 Å². The van der Waals surface area contributed by atoms with Gasteiger partial charge in [-0.15, -0.1) is 0 Å². The van der Waals surface area contributed by atoms with E-state index in [4.69, 9.17) is 9.84 Å². The molecular weight excluding hydrogens is 220 g/mol. The zero-order valence-corrected chi connectivity index (χ0v) is 10.4. The topological polar surface area (TPSA) is 71.5 Å². The maximum Gasteiger partial charge on any atom is 0.339 e. The molecule has 17 heavy (non-hydrogen) atoms. The van der Waals surface area contributed by atoms with Gasteiger partial charge in [-0.05, 0) is 26.8 Å². The maximum atomic E-state index is 11.0.